The molecule has 3 heterocycles. The van der Waals surface area contributed by atoms with Crippen LogP contribution in [0.15, 0.2) is 59.3 Å². The number of nitrogens with zero attached hydrogens (tertiary/aromatic N) is 3. The molecule has 26 heavy (non-hydrogen) atoms. The lowest BCUT2D eigenvalue weighted by molar-refractivity contribution is 0.209. The quantitative estimate of drug-likeness (QED) is 0.706. The van der Waals surface area contributed by atoms with Gasteiger partial charge in [0.1, 0.15) is 5.76 Å². The summed E-state index contributed by atoms with van der Waals surface area (Å²) in [6.07, 6.45) is 6.45. The van der Waals surface area contributed by atoms with E-state index in [1.807, 2.05) is 28.9 Å². The first-order valence-electron chi connectivity index (χ1n) is 9.40. The molecule has 5 nitrogen and oxygen atoms in total. The Kier molecular flexibility index (Phi) is 5.18. The standard InChI is InChI=1S/C21H26N4O/c1-17-18(16-25(23-17)19-8-3-2-4-9-19)14-22-15-20(21-10-7-13-26-21)24-11-5-6-12-24/h2-4,7-10,13,16,20,22H,5-6,11-12,14-15H2,1H3. The van der Waals surface area contributed by atoms with Crippen LogP contribution in [0.2, 0.25) is 0 Å². The lowest BCUT2D eigenvalue weighted by Gasteiger charge is -2.26. The van der Waals surface area contributed by atoms with E-state index in [9.17, 15) is 0 Å². The zero-order valence-electron chi connectivity index (χ0n) is 15.3. The van der Waals surface area contributed by atoms with Crippen molar-refractivity contribution in [1.82, 2.24) is 20.0 Å². The van der Waals surface area contributed by atoms with Crippen LogP contribution < -0.4 is 5.32 Å². The van der Waals surface area contributed by atoms with E-state index >= 15 is 0 Å². The highest BCUT2D eigenvalue weighted by atomic mass is 16.3. The van der Waals surface area contributed by atoms with Crippen molar-refractivity contribution in [2.75, 3.05) is 19.6 Å². The Morgan fingerprint density at radius 2 is 1.92 bits per heavy atom. The van der Waals surface area contributed by atoms with Crippen LogP contribution >= 0.6 is 0 Å². The summed E-state index contributed by atoms with van der Waals surface area (Å²) in [5, 5.41) is 8.27. The van der Waals surface area contributed by atoms with Crippen LogP contribution in [0.1, 0.15) is 35.9 Å². The van der Waals surface area contributed by atoms with E-state index in [-0.39, 0.29) is 0 Å². The van der Waals surface area contributed by atoms with E-state index in [0.29, 0.717) is 6.04 Å². The number of likely N-dealkylation sites (tertiary alicyclic amines) is 1. The van der Waals surface area contributed by atoms with Gasteiger partial charge in [-0.2, -0.15) is 5.10 Å². The van der Waals surface area contributed by atoms with Gasteiger partial charge in [0.2, 0.25) is 0 Å². The third-order valence-electron chi connectivity index (χ3n) is 5.13. The molecule has 136 valence electrons. The second-order valence-electron chi connectivity index (χ2n) is 6.93. The third kappa shape index (κ3) is 3.74. The van der Waals surface area contributed by atoms with Crippen molar-refractivity contribution in [2.24, 2.45) is 0 Å². The second kappa shape index (κ2) is 7.89. The molecule has 0 radical (unpaired) electrons. The summed E-state index contributed by atoms with van der Waals surface area (Å²) in [7, 11) is 0. The first-order valence-corrected chi connectivity index (χ1v) is 9.40. The minimum Gasteiger partial charge on any atom is -0.468 e. The fourth-order valence-corrected chi connectivity index (χ4v) is 3.67. The molecule has 0 spiro atoms. The van der Waals surface area contributed by atoms with Gasteiger partial charge in [-0.1, -0.05) is 18.2 Å². The maximum atomic E-state index is 5.70. The zero-order chi connectivity index (χ0) is 17.8. The Hall–Kier alpha value is -2.37. The maximum absolute atomic E-state index is 5.70. The van der Waals surface area contributed by atoms with E-state index in [0.717, 1.165) is 43.3 Å². The Morgan fingerprint density at radius 1 is 1.12 bits per heavy atom. The molecule has 0 saturated carbocycles. The van der Waals surface area contributed by atoms with Gasteiger partial charge in [-0.05, 0) is 57.1 Å². The number of hydrogen-bond donors (Lipinski definition) is 1. The molecule has 1 saturated heterocycles. The summed E-state index contributed by atoms with van der Waals surface area (Å²) in [6, 6.07) is 14.6. The number of furan rings is 1. The van der Waals surface area contributed by atoms with Gasteiger partial charge in [-0.3, -0.25) is 4.90 Å². The highest BCUT2D eigenvalue weighted by molar-refractivity contribution is 5.32. The van der Waals surface area contributed by atoms with Crippen LogP contribution in [0, 0.1) is 6.92 Å². The molecule has 1 fully saturated rings. The number of para-hydroxylation sites is 1. The number of nitrogens with one attached hydrogen (secondary N) is 1. The van der Waals surface area contributed by atoms with Crippen molar-refractivity contribution < 1.29 is 4.42 Å². The summed E-state index contributed by atoms with van der Waals surface area (Å²) < 4.78 is 7.65. The van der Waals surface area contributed by atoms with E-state index in [1.165, 1.54) is 18.4 Å². The lowest BCUT2D eigenvalue weighted by atomic mass is 10.2. The molecule has 3 aromatic rings. The first-order chi connectivity index (χ1) is 12.8. The molecule has 0 bridgehead atoms. The van der Waals surface area contributed by atoms with Gasteiger partial charge in [0, 0.05) is 24.8 Å². The Balaban J connectivity index is 1.41. The highest BCUT2D eigenvalue weighted by Gasteiger charge is 2.25. The fraction of sp³-hybridized carbons (Fsp3) is 0.381. The summed E-state index contributed by atoms with van der Waals surface area (Å²) in [4.78, 5) is 2.52. The summed E-state index contributed by atoms with van der Waals surface area (Å²) in [5.41, 5.74) is 3.39. The highest BCUT2D eigenvalue weighted by Crippen LogP contribution is 2.25. The van der Waals surface area contributed by atoms with Crippen LogP contribution in [0.25, 0.3) is 5.69 Å². The number of hydrogen-bond acceptors (Lipinski definition) is 4. The van der Waals surface area contributed by atoms with Crippen molar-refractivity contribution in [2.45, 2.75) is 32.4 Å². The molecule has 2 aromatic heterocycles. The van der Waals surface area contributed by atoms with Gasteiger partial charge in [-0.15, -0.1) is 0 Å². The predicted octanol–water partition coefficient (Wildman–Crippen LogP) is 3.70. The molecule has 1 unspecified atom stereocenters. The molecular formula is C21H26N4O. The van der Waals surface area contributed by atoms with Crippen molar-refractivity contribution in [3.63, 3.8) is 0 Å². The third-order valence-corrected chi connectivity index (χ3v) is 5.13. The number of aromatic nitrogens is 2. The van der Waals surface area contributed by atoms with Gasteiger partial charge in [-0.25, -0.2) is 4.68 Å². The van der Waals surface area contributed by atoms with Gasteiger partial charge in [0.15, 0.2) is 0 Å². The molecule has 4 rings (SSSR count). The molecular weight excluding hydrogens is 324 g/mol. The molecule has 0 amide bonds. The molecule has 1 N–H and O–H groups in total. The summed E-state index contributed by atoms with van der Waals surface area (Å²) in [5.74, 6) is 1.05. The number of rotatable bonds is 7. The Labute approximate surface area is 154 Å². The monoisotopic (exact) mass is 350 g/mol. The lowest BCUT2D eigenvalue weighted by Crippen LogP contribution is -2.33. The van der Waals surface area contributed by atoms with E-state index in [4.69, 9.17) is 4.42 Å². The topological polar surface area (TPSA) is 46.2 Å². The van der Waals surface area contributed by atoms with Crippen LogP contribution in [0.4, 0.5) is 0 Å². The van der Waals surface area contributed by atoms with Crippen molar-refractivity contribution in [1.29, 1.82) is 0 Å². The normalized spacial score (nSPS) is 16.2. The Bertz CT molecular complexity index is 804. The van der Waals surface area contributed by atoms with Gasteiger partial charge in [0.05, 0.1) is 23.7 Å². The first kappa shape index (κ1) is 17.1. The van der Waals surface area contributed by atoms with Gasteiger partial charge in [0.25, 0.3) is 0 Å². The van der Waals surface area contributed by atoms with Crippen molar-refractivity contribution >= 4 is 0 Å². The molecule has 1 atom stereocenters. The Morgan fingerprint density at radius 3 is 2.65 bits per heavy atom. The average molecular weight is 350 g/mol. The van der Waals surface area contributed by atoms with Crippen molar-refractivity contribution in [3.8, 4) is 5.69 Å². The smallest absolute Gasteiger partial charge is 0.122 e. The van der Waals surface area contributed by atoms with E-state index in [2.05, 4.69) is 46.6 Å². The number of benzene rings is 1. The maximum Gasteiger partial charge on any atom is 0.122 e. The molecule has 1 aliphatic rings. The van der Waals surface area contributed by atoms with Crippen LogP contribution in [0.5, 0.6) is 0 Å². The average Bonchev–Trinajstić information content (AvgIpc) is 3.42. The van der Waals surface area contributed by atoms with Gasteiger partial charge >= 0.3 is 0 Å². The summed E-state index contributed by atoms with van der Waals surface area (Å²) in [6.45, 7) is 6.06. The largest absolute Gasteiger partial charge is 0.468 e. The molecule has 0 aliphatic carbocycles. The second-order valence-corrected chi connectivity index (χ2v) is 6.93. The summed E-state index contributed by atoms with van der Waals surface area (Å²) >= 11 is 0. The number of aryl methyl sites for hydroxylation is 1. The molecule has 5 heteroatoms. The van der Waals surface area contributed by atoms with Gasteiger partial charge < -0.3 is 9.73 Å². The van der Waals surface area contributed by atoms with Crippen LogP contribution in [0.3, 0.4) is 0 Å². The van der Waals surface area contributed by atoms with E-state index < -0.39 is 0 Å². The molecule has 1 aromatic carbocycles. The van der Waals surface area contributed by atoms with E-state index in [1.54, 1.807) is 6.26 Å². The minimum atomic E-state index is 0.303. The minimum absolute atomic E-state index is 0.303. The molecule has 1 aliphatic heterocycles. The predicted molar refractivity (Wildman–Crippen MR) is 102 cm³/mol. The van der Waals surface area contributed by atoms with Crippen LogP contribution in [-0.2, 0) is 6.54 Å². The SMILES string of the molecule is Cc1nn(-c2ccccc2)cc1CNCC(c1ccco1)N1CCCC1. The zero-order valence-corrected chi connectivity index (χ0v) is 15.3. The van der Waals surface area contributed by atoms with Crippen LogP contribution in [-0.4, -0.2) is 34.3 Å². The fourth-order valence-electron chi connectivity index (χ4n) is 3.67. The van der Waals surface area contributed by atoms with Crippen molar-refractivity contribution in [3.05, 3.63) is 71.9 Å².